The van der Waals surface area contributed by atoms with Gasteiger partial charge in [-0.3, -0.25) is 9.89 Å². The number of thiophene rings is 1. The summed E-state index contributed by atoms with van der Waals surface area (Å²) in [6.45, 7) is 0. The number of benzene rings is 2. The molecule has 0 aliphatic carbocycles. The van der Waals surface area contributed by atoms with Crippen molar-refractivity contribution in [2.45, 2.75) is 0 Å². The maximum absolute atomic E-state index is 12.3. The molecule has 0 saturated heterocycles. The Kier molecular flexibility index (Phi) is 4.49. The number of rotatable bonds is 5. The van der Waals surface area contributed by atoms with Gasteiger partial charge in [0.25, 0.3) is 5.91 Å². The van der Waals surface area contributed by atoms with Crippen LogP contribution in [-0.4, -0.2) is 16.1 Å². The molecular formula is C20H15N3O2S. The maximum atomic E-state index is 12.3. The minimum Gasteiger partial charge on any atom is -0.379 e. The Balaban J connectivity index is 1.50. The molecular weight excluding hydrogens is 346 g/mol. The summed E-state index contributed by atoms with van der Waals surface area (Å²) in [5.41, 5.74) is 4.42. The second-order valence-corrected chi connectivity index (χ2v) is 6.59. The van der Waals surface area contributed by atoms with Gasteiger partial charge < -0.3 is 4.84 Å². The Hall–Kier alpha value is -3.38. The van der Waals surface area contributed by atoms with E-state index in [1.165, 1.54) is 11.3 Å². The van der Waals surface area contributed by atoms with Crippen molar-refractivity contribution in [1.82, 2.24) is 15.7 Å². The fourth-order valence-corrected chi connectivity index (χ4v) is 3.34. The summed E-state index contributed by atoms with van der Waals surface area (Å²) in [6, 6.07) is 20.9. The van der Waals surface area contributed by atoms with Gasteiger partial charge in [-0.25, -0.2) is 0 Å². The number of amides is 1. The molecule has 0 unspecified atom stereocenters. The van der Waals surface area contributed by atoms with Gasteiger partial charge in [0.1, 0.15) is 4.83 Å². The molecule has 0 fully saturated rings. The normalized spacial score (nSPS) is 11.1. The van der Waals surface area contributed by atoms with Crippen LogP contribution in [0.4, 0.5) is 0 Å². The third-order valence-corrected chi connectivity index (χ3v) is 4.78. The van der Waals surface area contributed by atoms with Crippen LogP contribution in [0.1, 0.15) is 20.9 Å². The van der Waals surface area contributed by atoms with Crippen molar-refractivity contribution in [3.05, 3.63) is 82.9 Å². The van der Waals surface area contributed by atoms with E-state index in [9.17, 15) is 4.79 Å². The third-order valence-electron chi connectivity index (χ3n) is 3.75. The molecule has 4 aromatic rings. The SMILES string of the molecule is O=C(NOc1ccccc1)c1cc2c(C=Cc3ccccc3)[nH]nc2s1. The van der Waals surface area contributed by atoms with E-state index >= 15 is 0 Å². The van der Waals surface area contributed by atoms with E-state index in [0.717, 1.165) is 21.5 Å². The van der Waals surface area contributed by atoms with E-state index in [2.05, 4.69) is 15.7 Å². The van der Waals surface area contributed by atoms with Crippen molar-refractivity contribution >= 4 is 39.6 Å². The van der Waals surface area contributed by atoms with E-state index in [1.807, 2.05) is 66.7 Å². The van der Waals surface area contributed by atoms with E-state index < -0.39 is 0 Å². The van der Waals surface area contributed by atoms with Crippen LogP contribution in [-0.2, 0) is 0 Å². The van der Waals surface area contributed by atoms with Crippen LogP contribution in [0, 0.1) is 0 Å². The first-order valence-corrected chi connectivity index (χ1v) is 8.84. The molecule has 26 heavy (non-hydrogen) atoms. The van der Waals surface area contributed by atoms with Gasteiger partial charge in [0.15, 0.2) is 5.75 Å². The second kappa shape index (κ2) is 7.25. The molecule has 0 radical (unpaired) electrons. The Morgan fingerprint density at radius 3 is 2.54 bits per heavy atom. The number of H-pyrrole nitrogens is 1. The predicted molar refractivity (Wildman–Crippen MR) is 104 cm³/mol. The van der Waals surface area contributed by atoms with Crippen LogP contribution in [0.5, 0.6) is 5.75 Å². The highest BCUT2D eigenvalue weighted by Gasteiger charge is 2.14. The number of hydrogen-bond acceptors (Lipinski definition) is 4. The molecule has 0 spiro atoms. The zero-order valence-corrected chi connectivity index (χ0v) is 14.5. The first-order chi connectivity index (χ1) is 12.8. The molecule has 128 valence electrons. The number of para-hydroxylation sites is 1. The van der Waals surface area contributed by atoms with Crippen molar-refractivity contribution in [3.8, 4) is 5.75 Å². The number of nitrogens with one attached hydrogen (secondary N) is 2. The number of aromatic nitrogens is 2. The Labute approximate surface area is 153 Å². The smallest absolute Gasteiger partial charge is 0.294 e. The van der Waals surface area contributed by atoms with Crippen molar-refractivity contribution in [3.63, 3.8) is 0 Å². The number of carbonyl (C=O) groups is 1. The highest BCUT2D eigenvalue weighted by atomic mass is 32.1. The van der Waals surface area contributed by atoms with Crippen molar-refractivity contribution < 1.29 is 9.63 Å². The number of carbonyl (C=O) groups excluding carboxylic acids is 1. The molecule has 0 aliphatic rings. The van der Waals surface area contributed by atoms with Gasteiger partial charge in [-0.2, -0.15) is 10.6 Å². The fourth-order valence-electron chi connectivity index (χ4n) is 2.46. The summed E-state index contributed by atoms with van der Waals surface area (Å²) in [5.74, 6) is 0.282. The highest BCUT2D eigenvalue weighted by molar-refractivity contribution is 7.20. The summed E-state index contributed by atoms with van der Waals surface area (Å²) in [4.78, 5) is 18.9. The molecule has 0 atom stereocenters. The van der Waals surface area contributed by atoms with Gasteiger partial charge in [0, 0.05) is 5.39 Å². The minimum absolute atomic E-state index is 0.296. The van der Waals surface area contributed by atoms with E-state index in [0.29, 0.717) is 10.6 Å². The van der Waals surface area contributed by atoms with Crippen LogP contribution in [0.25, 0.3) is 22.4 Å². The van der Waals surface area contributed by atoms with Gasteiger partial charge in [-0.05, 0) is 29.8 Å². The summed E-state index contributed by atoms with van der Waals surface area (Å²) in [6.07, 6.45) is 3.96. The van der Waals surface area contributed by atoms with Crippen molar-refractivity contribution in [2.24, 2.45) is 0 Å². The zero-order chi connectivity index (χ0) is 17.8. The summed E-state index contributed by atoms with van der Waals surface area (Å²) >= 11 is 1.31. The van der Waals surface area contributed by atoms with Crippen LogP contribution in [0.3, 0.4) is 0 Å². The maximum Gasteiger partial charge on any atom is 0.294 e. The highest BCUT2D eigenvalue weighted by Crippen LogP contribution is 2.27. The molecule has 0 saturated carbocycles. The number of hydrogen-bond donors (Lipinski definition) is 2. The lowest BCUT2D eigenvalue weighted by Crippen LogP contribution is -2.26. The van der Waals surface area contributed by atoms with E-state index in [4.69, 9.17) is 4.84 Å². The summed E-state index contributed by atoms with van der Waals surface area (Å²) in [7, 11) is 0. The van der Waals surface area contributed by atoms with Crippen molar-refractivity contribution in [2.75, 3.05) is 0 Å². The molecule has 0 bridgehead atoms. The molecule has 0 aliphatic heterocycles. The largest absolute Gasteiger partial charge is 0.379 e. The summed E-state index contributed by atoms with van der Waals surface area (Å²) < 4.78 is 0. The van der Waals surface area contributed by atoms with E-state index in [1.54, 1.807) is 12.1 Å². The van der Waals surface area contributed by atoms with Gasteiger partial charge in [-0.1, -0.05) is 54.6 Å². The Bertz CT molecular complexity index is 1050. The van der Waals surface area contributed by atoms with Crippen LogP contribution in [0.15, 0.2) is 66.7 Å². The number of fused-ring (bicyclic) bond motifs is 1. The Morgan fingerprint density at radius 1 is 1.04 bits per heavy atom. The average Bonchev–Trinajstić information content (AvgIpc) is 3.27. The van der Waals surface area contributed by atoms with Crippen LogP contribution >= 0.6 is 11.3 Å². The lowest BCUT2D eigenvalue weighted by atomic mass is 10.2. The summed E-state index contributed by atoms with van der Waals surface area (Å²) in [5, 5.41) is 8.18. The van der Waals surface area contributed by atoms with Gasteiger partial charge in [0.05, 0.1) is 10.6 Å². The lowest BCUT2D eigenvalue weighted by molar-refractivity contribution is 0.0764. The molecule has 2 aromatic carbocycles. The fraction of sp³-hybridized carbons (Fsp3) is 0. The standard InChI is InChI=1S/C20H15N3O2S/c24-19(23-25-15-9-5-2-6-10-15)18-13-16-17(21-22-20(16)26-18)12-11-14-7-3-1-4-8-14/h1-13H,(H,21,22)(H,23,24). The first kappa shape index (κ1) is 16.1. The zero-order valence-electron chi connectivity index (χ0n) is 13.7. The number of nitrogens with zero attached hydrogens (tertiary/aromatic N) is 1. The molecule has 2 aromatic heterocycles. The third kappa shape index (κ3) is 3.50. The second-order valence-electron chi connectivity index (χ2n) is 5.56. The quantitative estimate of drug-likeness (QED) is 0.514. The molecule has 6 heteroatoms. The average molecular weight is 361 g/mol. The van der Waals surface area contributed by atoms with Crippen molar-refractivity contribution in [1.29, 1.82) is 0 Å². The molecule has 4 rings (SSSR count). The van der Waals surface area contributed by atoms with Gasteiger partial charge in [0.2, 0.25) is 0 Å². The minimum atomic E-state index is -0.296. The van der Waals surface area contributed by atoms with Gasteiger partial charge >= 0.3 is 0 Å². The van der Waals surface area contributed by atoms with E-state index in [-0.39, 0.29) is 5.91 Å². The monoisotopic (exact) mass is 361 g/mol. The molecule has 5 nitrogen and oxygen atoms in total. The molecule has 2 heterocycles. The van der Waals surface area contributed by atoms with Crippen LogP contribution < -0.4 is 10.3 Å². The number of aromatic amines is 1. The molecule has 2 N–H and O–H groups in total. The Morgan fingerprint density at radius 2 is 1.77 bits per heavy atom. The lowest BCUT2D eigenvalue weighted by Gasteiger charge is -2.04. The predicted octanol–water partition coefficient (Wildman–Crippen LogP) is 4.52. The first-order valence-electron chi connectivity index (χ1n) is 8.03. The number of hydroxylamine groups is 1. The van der Waals surface area contributed by atoms with Crippen LogP contribution in [0.2, 0.25) is 0 Å². The topological polar surface area (TPSA) is 67.0 Å². The van der Waals surface area contributed by atoms with Gasteiger partial charge in [-0.15, -0.1) is 11.3 Å². The molecule has 1 amide bonds.